The Balaban J connectivity index is 0.000000141. The Bertz CT molecular complexity index is 7670. The van der Waals surface area contributed by atoms with Crippen LogP contribution in [0.1, 0.15) is 0 Å². The zero-order valence-electron chi connectivity index (χ0n) is 63.2. The predicted molar refractivity (Wildman–Crippen MR) is 499 cm³/mol. The summed E-state index contributed by atoms with van der Waals surface area (Å²) in [6.07, 6.45) is 0. The molecule has 4 heterocycles. The third-order valence-electron chi connectivity index (χ3n) is 23.1. The number of aromatic nitrogens is 2. The monoisotopic (exact) mass is 1510 g/mol. The normalized spacial score (nSPS) is 11.6. The van der Waals surface area contributed by atoms with Gasteiger partial charge in [-0.15, -0.1) is 22.7 Å². The highest BCUT2D eigenvalue weighted by Crippen LogP contribution is 2.50. The van der Waals surface area contributed by atoms with E-state index in [9.17, 15) is 0 Å². The van der Waals surface area contributed by atoms with Crippen molar-refractivity contribution in [3.8, 4) is 67.0 Å². The Hall–Kier alpha value is -14.7. The van der Waals surface area contributed by atoms with Crippen molar-refractivity contribution in [3.05, 3.63) is 437 Å². The van der Waals surface area contributed by atoms with Gasteiger partial charge in [-0.05, 0) is 206 Å². The zero-order valence-corrected chi connectivity index (χ0v) is 64.8. The van der Waals surface area contributed by atoms with Crippen molar-refractivity contribution in [2.24, 2.45) is 0 Å². The lowest BCUT2D eigenvalue weighted by Crippen LogP contribution is -2.10. The Morgan fingerprint density at radius 3 is 0.957 bits per heavy atom. The second kappa shape index (κ2) is 28.8. The molecule has 116 heavy (non-hydrogen) atoms. The molecule has 19 aromatic carbocycles. The van der Waals surface area contributed by atoms with Crippen LogP contribution in [0.25, 0.3) is 173 Å². The van der Waals surface area contributed by atoms with E-state index >= 15 is 0 Å². The van der Waals surface area contributed by atoms with Crippen LogP contribution in [0.2, 0.25) is 0 Å². The molecule has 4 nitrogen and oxygen atoms in total. The third kappa shape index (κ3) is 12.0. The van der Waals surface area contributed by atoms with Gasteiger partial charge < -0.3 is 18.9 Å². The van der Waals surface area contributed by atoms with E-state index in [1.54, 1.807) is 0 Å². The second-order valence-electron chi connectivity index (χ2n) is 29.8. The lowest BCUT2D eigenvalue weighted by molar-refractivity contribution is 1.18. The van der Waals surface area contributed by atoms with Crippen molar-refractivity contribution in [1.29, 1.82) is 0 Å². The van der Waals surface area contributed by atoms with Crippen molar-refractivity contribution < 1.29 is 0 Å². The third-order valence-corrected chi connectivity index (χ3v) is 25.6. The van der Waals surface area contributed by atoms with Crippen LogP contribution >= 0.6 is 22.7 Å². The molecule has 0 bridgehead atoms. The van der Waals surface area contributed by atoms with Gasteiger partial charge in [0.1, 0.15) is 0 Å². The van der Waals surface area contributed by atoms with E-state index in [2.05, 4.69) is 456 Å². The first-order valence-electron chi connectivity index (χ1n) is 39.6. The van der Waals surface area contributed by atoms with Crippen molar-refractivity contribution in [2.75, 3.05) is 9.80 Å². The quantitative estimate of drug-likeness (QED) is 0.114. The van der Waals surface area contributed by atoms with Crippen LogP contribution in [0.15, 0.2) is 437 Å². The first-order valence-corrected chi connectivity index (χ1v) is 41.2. The summed E-state index contributed by atoms with van der Waals surface area (Å²) in [6.45, 7) is 0. The largest absolute Gasteiger partial charge is 0.310 e. The SMILES string of the molecule is c1ccc(-c2ccc(N(c3ccc(-c4ccc5c(c4)c4ccccc4n5-c4ccccc4)cc3)c3cccc4ccc5c6ccccc6sc5c34)cc2)cc1.c1ccc(-c2ccc(N(c3cccc(-c4cccc(-c5ccc6c(c5)c5ccccc5n6-c5ccccc5)c4)c3)c3cccc4ccc5c6ccccc6sc5c34)cc2)cc1. The highest BCUT2D eigenvalue weighted by Gasteiger charge is 2.24. The number of hydrogen-bond donors (Lipinski definition) is 0. The molecule has 4 aromatic heterocycles. The average Bonchev–Trinajstić information content (AvgIpc) is 1.52. The molecule has 0 aliphatic carbocycles. The van der Waals surface area contributed by atoms with Crippen LogP contribution in [-0.2, 0) is 0 Å². The maximum Gasteiger partial charge on any atom is 0.0554 e. The number of hydrogen-bond acceptors (Lipinski definition) is 4. The van der Waals surface area contributed by atoms with E-state index in [4.69, 9.17) is 0 Å². The summed E-state index contributed by atoms with van der Waals surface area (Å²) in [5.41, 5.74) is 25.9. The Morgan fingerprint density at radius 1 is 0.181 bits per heavy atom. The van der Waals surface area contributed by atoms with Gasteiger partial charge in [0.25, 0.3) is 0 Å². The number of rotatable bonds is 13. The average molecular weight is 1510 g/mol. The minimum Gasteiger partial charge on any atom is -0.310 e. The molecule has 0 unspecified atom stereocenters. The van der Waals surface area contributed by atoms with Crippen LogP contribution in [0.5, 0.6) is 0 Å². The van der Waals surface area contributed by atoms with Crippen molar-refractivity contribution >= 4 is 162 Å². The van der Waals surface area contributed by atoms with Crippen molar-refractivity contribution in [1.82, 2.24) is 9.13 Å². The summed E-state index contributed by atoms with van der Waals surface area (Å²) in [5.74, 6) is 0. The van der Waals surface area contributed by atoms with Gasteiger partial charge in [0.2, 0.25) is 0 Å². The van der Waals surface area contributed by atoms with E-state index in [0.29, 0.717) is 0 Å². The Kier molecular flexibility index (Phi) is 16.9. The number of para-hydroxylation sites is 4. The van der Waals surface area contributed by atoms with E-state index in [0.717, 1.165) is 28.4 Å². The lowest BCUT2D eigenvalue weighted by Gasteiger charge is -2.28. The molecule has 23 aromatic rings. The molecule has 0 fully saturated rings. The number of fused-ring (bicyclic) bond motifs is 16. The maximum atomic E-state index is 2.45. The van der Waals surface area contributed by atoms with E-state index in [1.165, 1.54) is 178 Å². The van der Waals surface area contributed by atoms with Crippen LogP contribution in [0, 0.1) is 0 Å². The molecule has 23 rings (SSSR count). The first kappa shape index (κ1) is 68.2. The molecule has 6 heteroatoms. The maximum absolute atomic E-state index is 2.45. The predicted octanol–water partition coefficient (Wildman–Crippen LogP) is 31.9. The van der Waals surface area contributed by atoms with Crippen molar-refractivity contribution in [2.45, 2.75) is 0 Å². The summed E-state index contributed by atoms with van der Waals surface area (Å²) >= 11 is 3.77. The molecule has 0 saturated carbocycles. The fraction of sp³-hybridized carbons (Fsp3) is 0. The lowest BCUT2D eigenvalue weighted by atomic mass is 9.97. The highest BCUT2D eigenvalue weighted by molar-refractivity contribution is 7.27. The number of anilines is 6. The van der Waals surface area contributed by atoms with Gasteiger partial charge in [-0.25, -0.2) is 0 Å². The van der Waals surface area contributed by atoms with Gasteiger partial charge in [-0.3, -0.25) is 0 Å². The van der Waals surface area contributed by atoms with E-state index < -0.39 is 0 Å². The number of thiophene rings is 2. The molecule has 0 aliphatic rings. The molecule has 0 atom stereocenters. The van der Waals surface area contributed by atoms with Gasteiger partial charge in [-0.2, -0.15) is 0 Å². The van der Waals surface area contributed by atoms with Crippen LogP contribution in [0.3, 0.4) is 0 Å². The molecule has 544 valence electrons. The Labute approximate surface area is 680 Å². The summed E-state index contributed by atoms with van der Waals surface area (Å²) in [4.78, 5) is 4.88. The Morgan fingerprint density at radius 2 is 0.500 bits per heavy atom. The molecule has 0 aliphatic heterocycles. The van der Waals surface area contributed by atoms with Gasteiger partial charge in [0.05, 0.1) is 33.4 Å². The molecule has 0 N–H and O–H groups in total. The minimum atomic E-state index is 1.11. The fourth-order valence-electron chi connectivity index (χ4n) is 17.7. The molecule has 0 amide bonds. The molecule has 0 saturated heterocycles. The topological polar surface area (TPSA) is 16.3 Å². The minimum absolute atomic E-state index is 1.11. The van der Waals surface area contributed by atoms with Crippen LogP contribution in [0.4, 0.5) is 34.1 Å². The zero-order chi connectivity index (χ0) is 76.6. The summed E-state index contributed by atoms with van der Waals surface area (Å²) < 4.78 is 10.00. The summed E-state index contributed by atoms with van der Waals surface area (Å²) in [5, 5.41) is 15.3. The number of benzene rings is 19. The summed E-state index contributed by atoms with van der Waals surface area (Å²) in [6, 6.07) is 159. The van der Waals surface area contributed by atoms with Gasteiger partial charge >= 0.3 is 0 Å². The van der Waals surface area contributed by atoms with Crippen LogP contribution in [-0.4, -0.2) is 9.13 Å². The summed E-state index contributed by atoms with van der Waals surface area (Å²) in [7, 11) is 0. The molecule has 0 spiro atoms. The van der Waals surface area contributed by atoms with E-state index in [1.807, 2.05) is 22.7 Å². The standard InChI is InChI=1S/C58H38N2S.C52H34N2S/c1-3-14-39(15-4-1)40-28-32-47(33-29-40)59(55-26-13-16-41-30-34-51-50-24-8-10-27-56(50)61-58(51)57(41)55)48-22-12-19-44(37-48)42-17-11-18-43(36-42)45-31-35-54-52(38-45)49-23-7-9-25-53(49)60(54)46-20-5-2-6-21-46;1-3-12-35(13-4-1)36-22-28-41(29-23-36)53(49-20-11-14-38-26-32-45-44-18-8-10-21-50(44)55-52(45)51(38)49)42-30-24-37(25-31-42)39-27-33-48-46(34-39)43-17-7-9-19-47(43)54(48)40-15-5-2-6-16-40/h1-38H;1-34H. The van der Waals surface area contributed by atoms with Gasteiger partial charge in [0, 0.05) is 107 Å². The first-order chi connectivity index (χ1) is 57.5. The highest BCUT2D eigenvalue weighted by atomic mass is 32.1. The molecular weight excluding hydrogens is 1440 g/mol. The molecule has 0 radical (unpaired) electrons. The fourth-order valence-corrected chi connectivity index (χ4v) is 20.2. The van der Waals surface area contributed by atoms with Crippen LogP contribution < -0.4 is 9.80 Å². The van der Waals surface area contributed by atoms with Gasteiger partial charge in [0.15, 0.2) is 0 Å². The molecular formula is C110H72N4S2. The van der Waals surface area contributed by atoms with Gasteiger partial charge in [-0.1, -0.05) is 297 Å². The second-order valence-corrected chi connectivity index (χ2v) is 32.0. The number of nitrogens with zero attached hydrogens (tertiary/aromatic N) is 4. The van der Waals surface area contributed by atoms with E-state index in [-0.39, 0.29) is 0 Å². The van der Waals surface area contributed by atoms with Crippen molar-refractivity contribution in [3.63, 3.8) is 0 Å². The smallest absolute Gasteiger partial charge is 0.0554 e.